The molecule has 7 heteroatoms. The van der Waals surface area contributed by atoms with Crippen LogP contribution in [0.2, 0.25) is 5.02 Å². The molecule has 0 amide bonds. The topological polar surface area (TPSA) is 56.7 Å². The summed E-state index contributed by atoms with van der Waals surface area (Å²) in [6.07, 6.45) is 0. The van der Waals surface area contributed by atoms with Crippen molar-refractivity contribution in [3.63, 3.8) is 0 Å². The lowest BCUT2D eigenvalue weighted by atomic mass is 10.1. The van der Waals surface area contributed by atoms with E-state index in [0.29, 0.717) is 23.3 Å². The summed E-state index contributed by atoms with van der Waals surface area (Å²) in [7, 11) is 0. The fourth-order valence-corrected chi connectivity index (χ4v) is 3.44. The number of aromatic nitrogens is 4. The van der Waals surface area contributed by atoms with Gasteiger partial charge in [0, 0.05) is 5.56 Å². The van der Waals surface area contributed by atoms with Crippen molar-refractivity contribution in [2.45, 2.75) is 20.4 Å². The van der Waals surface area contributed by atoms with Gasteiger partial charge in [0.2, 0.25) is 5.82 Å². The summed E-state index contributed by atoms with van der Waals surface area (Å²) < 4.78 is 7.33. The summed E-state index contributed by atoms with van der Waals surface area (Å²) in [5.74, 6) is 1.12. The van der Waals surface area contributed by atoms with Crippen LogP contribution in [-0.2, 0) is 6.54 Å². The molecule has 0 unspecified atom stereocenters. The van der Waals surface area contributed by atoms with Crippen molar-refractivity contribution in [3.8, 4) is 22.2 Å². The average molecular weight is 371 g/mol. The Labute approximate surface area is 153 Å². The van der Waals surface area contributed by atoms with Gasteiger partial charge in [-0.3, -0.25) is 4.68 Å². The molecule has 0 N–H and O–H groups in total. The molecule has 0 atom stereocenters. The Kier molecular flexibility index (Phi) is 4.15. The Morgan fingerprint density at radius 1 is 1.20 bits per heavy atom. The first-order chi connectivity index (χ1) is 12.1. The summed E-state index contributed by atoms with van der Waals surface area (Å²) in [6, 6.07) is 12.0. The zero-order chi connectivity index (χ0) is 17.4. The van der Waals surface area contributed by atoms with Gasteiger partial charge < -0.3 is 4.52 Å². The van der Waals surface area contributed by atoms with Crippen LogP contribution in [0, 0.1) is 13.8 Å². The highest BCUT2D eigenvalue weighted by atomic mass is 35.5. The second-order valence-electron chi connectivity index (χ2n) is 5.74. The van der Waals surface area contributed by atoms with Crippen LogP contribution in [0.3, 0.4) is 0 Å². The van der Waals surface area contributed by atoms with Gasteiger partial charge in [0.1, 0.15) is 0 Å². The van der Waals surface area contributed by atoms with Gasteiger partial charge in [0.05, 0.1) is 27.8 Å². The second kappa shape index (κ2) is 6.46. The molecule has 126 valence electrons. The Hall–Kier alpha value is -2.44. The molecular formula is C18H15ClN4OS. The van der Waals surface area contributed by atoms with E-state index in [2.05, 4.69) is 15.2 Å². The SMILES string of the molecule is Cc1nn(Cc2cccc(-c3nc(-c4cccs4)no3)c2)c(C)c1Cl. The van der Waals surface area contributed by atoms with E-state index in [1.807, 2.05) is 60.3 Å². The van der Waals surface area contributed by atoms with Crippen LogP contribution in [0.1, 0.15) is 17.0 Å². The zero-order valence-corrected chi connectivity index (χ0v) is 15.3. The number of hydrogen-bond donors (Lipinski definition) is 0. The van der Waals surface area contributed by atoms with E-state index in [0.717, 1.165) is 27.4 Å². The van der Waals surface area contributed by atoms with Gasteiger partial charge in [-0.25, -0.2) is 0 Å². The summed E-state index contributed by atoms with van der Waals surface area (Å²) in [6.45, 7) is 4.52. The van der Waals surface area contributed by atoms with Crippen molar-refractivity contribution >= 4 is 22.9 Å². The molecule has 0 saturated carbocycles. The van der Waals surface area contributed by atoms with E-state index in [-0.39, 0.29) is 0 Å². The minimum Gasteiger partial charge on any atom is -0.334 e. The summed E-state index contributed by atoms with van der Waals surface area (Å²) in [4.78, 5) is 5.49. The molecule has 1 aromatic carbocycles. The largest absolute Gasteiger partial charge is 0.334 e. The van der Waals surface area contributed by atoms with Gasteiger partial charge in [0.15, 0.2) is 0 Å². The predicted octanol–water partition coefficient (Wildman–Crippen LogP) is 4.98. The first kappa shape index (κ1) is 16.1. The van der Waals surface area contributed by atoms with Crippen LogP contribution >= 0.6 is 22.9 Å². The normalized spacial score (nSPS) is 11.2. The maximum Gasteiger partial charge on any atom is 0.258 e. The Bertz CT molecular complexity index is 1020. The molecule has 3 aromatic heterocycles. The van der Waals surface area contributed by atoms with Gasteiger partial charge >= 0.3 is 0 Å². The van der Waals surface area contributed by atoms with Crippen molar-refractivity contribution in [3.05, 3.63) is 63.8 Å². The van der Waals surface area contributed by atoms with Gasteiger partial charge in [-0.2, -0.15) is 10.1 Å². The van der Waals surface area contributed by atoms with Crippen LogP contribution in [-0.4, -0.2) is 19.9 Å². The lowest BCUT2D eigenvalue weighted by Gasteiger charge is -2.05. The van der Waals surface area contributed by atoms with Gasteiger partial charge in [-0.05, 0) is 43.0 Å². The van der Waals surface area contributed by atoms with E-state index >= 15 is 0 Å². The van der Waals surface area contributed by atoms with E-state index in [1.165, 1.54) is 0 Å². The van der Waals surface area contributed by atoms with Crippen molar-refractivity contribution in [2.24, 2.45) is 0 Å². The van der Waals surface area contributed by atoms with E-state index in [1.54, 1.807) is 11.3 Å². The molecular weight excluding hydrogens is 356 g/mol. The summed E-state index contributed by atoms with van der Waals surface area (Å²) >= 11 is 7.81. The van der Waals surface area contributed by atoms with E-state index < -0.39 is 0 Å². The van der Waals surface area contributed by atoms with Gasteiger partial charge in [0.25, 0.3) is 5.89 Å². The van der Waals surface area contributed by atoms with Crippen LogP contribution in [0.5, 0.6) is 0 Å². The first-order valence-electron chi connectivity index (χ1n) is 7.78. The molecule has 0 fully saturated rings. The fraction of sp³-hybridized carbons (Fsp3) is 0.167. The number of aryl methyl sites for hydroxylation is 1. The number of thiophene rings is 1. The molecule has 25 heavy (non-hydrogen) atoms. The number of rotatable bonds is 4. The fourth-order valence-electron chi connectivity index (χ4n) is 2.65. The van der Waals surface area contributed by atoms with Gasteiger partial charge in [-0.1, -0.05) is 35.0 Å². The minimum atomic E-state index is 0.511. The highest BCUT2D eigenvalue weighted by molar-refractivity contribution is 7.13. The molecule has 4 aromatic rings. The van der Waals surface area contributed by atoms with Crippen molar-refractivity contribution in [1.29, 1.82) is 0 Å². The van der Waals surface area contributed by atoms with E-state index in [4.69, 9.17) is 16.1 Å². The smallest absolute Gasteiger partial charge is 0.258 e. The third-order valence-corrected chi connectivity index (χ3v) is 5.38. The van der Waals surface area contributed by atoms with Crippen molar-refractivity contribution < 1.29 is 4.52 Å². The summed E-state index contributed by atoms with van der Waals surface area (Å²) in [5, 5.41) is 11.3. The highest BCUT2D eigenvalue weighted by Crippen LogP contribution is 2.26. The molecule has 5 nitrogen and oxygen atoms in total. The first-order valence-corrected chi connectivity index (χ1v) is 9.04. The number of halogens is 1. The van der Waals surface area contributed by atoms with Crippen LogP contribution in [0.15, 0.2) is 46.3 Å². The van der Waals surface area contributed by atoms with E-state index in [9.17, 15) is 0 Å². The number of hydrogen-bond acceptors (Lipinski definition) is 5. The zero-order valence-electron chi connectivity index (χ0n) is 13.7. The van der Waals surface area contributed by atoms with Crippen LogP contribution < -0.4 is 0 Å². The third kappa shape index (κ3) is 3.10. The third-order valence-electron chi connectivity index (χ3n) is 3.97. The minimum absolute atomic E-state index is 0.511. The van der Waals surface area contributed by atoms with Crippen molar-refractivity contribution in [1.82, 2.24) is 19.9 Å². The molecule has 4 rings (SSSR count). The Balaban J connectivity index is 1.62. The summed E-state index contributed by atoms with van der Waals surface area (Å²) in [5.41, 5.74) is 3.78. The quantitative estimate of drug-likeness (QED) is 0.508. The second-order valence-corrected chi connectivity index (χ2v) is 7.07. The molecule has 0 saturated heterocycles. The molecule has 0 bridgehead atoms. The van der Waals surface area contributed by atoms with Crippen molar-refractivity contribution in [2.75, 3.05) is 0 Å². The Morgan fingerprint density at radius 2 is 2.08 bits per heavy atom. The monoisotopic (exact) mass is 370 g/mol. The maximum absolute atomic E-state index is 6.23. The molecule has 0 radical (unpaired) electrons. The van der Waals surface area contributed by atoms with Gasteiger partial charge in [-0.15, -0.1) is 11.3 Å². The average Bonchev–Trinajstić information content (AvgIpc) is 3.34. The lowest BCUT2D eigenvalue weighted by molar-refractivity contribution is 0.432. The molecule has 0 aliphatic rings. The molecule has 0 aliphatic heterocycles. The number of nitrogens with zero attached hydrogens (tertiary/aromatic N) is 4. The number of benzene rings is 1. The highest BCUT2D eigenvalue weighted by Gasteiger charge is 2.13. The molecule has 0 aliphatic carbocycles. The van der Waals surface area contributed by atoms with Crippen LogP contribution in [0.25, 0.3) is 22.2 Å². The standard InChI is InChI=1S/C18H15ClN4OS/c1-11-16(19)12(2)23(21-11)10-13-5-3-6-14(9-13)18-20-17(22-24-18)15-7-4-8-25-15/h3-9H,10H2,1-2H3. The predicted molar refractivity (Wildman–Crippen MR) is 98.9 cm³/mol. The maximum atomic E-state index is 6.23. The molecule has 3 heterocycles. The molecule has 0 spiro atoms. The Morgan fingerprint density at radius 3 is 2.80 bits per heavy atom. The van der Waals surface area contributed by atoms with Crippen LogP contribution in [0.4, 0.5) is 0 Å². The lowest BCUT2D eigenvalue weighted by Crippen LogP contribution is -2.04.